The van der Waals surface area contributed by atoms with E-state index in [-0.39, 0.29) is 6.10 Å². The monoisotopic (exact) mass is 266 g/mol. The topological polar surface area (TPSA) is 45.0 Å². The molecule has 3 nitrogen and oxygen atoms in total. The average Bonchev–Trinajstić information content (AvgIpc) is 2.95. The largest absolute Gasteiger partial charge is 0.379 e. The number of hydrogen-bond donors (Lipinski definition) is 1. The van der Waals surface area contributed by atoms with Crippen LogP contribution in [0.5, 0.6) is 0 Å². The van der Waals surface area contributed by atoms with Gasteiger partial charge in [0.1, 0.15) is 0 Å². The van der Waals surface area contributed by atoms with Crippen molar-refractivity contribution in [1.29, 1.82) is 5.26 Å². The molecule has 2 atom stereocenters. The van der Waals surface area contributed by atoms with Crippen molar-refractivity contribution >= 4 is 16.5 Å². The van der Waals surface area contributed by atoms with Crippen LogP contribution in [0.3, 0.4) is 0 Å². The van der Waals surface area contributed by atoms with Crippen LogP contribution in [-0.2, 0) is 4.74 Å². The number of anilines is 1. The van der Waals surface area contributed by atoms with Gasteiger partial charge in [-0.2, -0.15) is 5.26 Å². The lowest BCUT2D eigenvalue weighted by molar-refractivity contribution is 0.101. The Morgan fingerprint density at radius 2 is 1.95 bits per heavy atom. The smallest absolute Gasteiger partial charge is 0.0998 e. The predicted molar refractivity (Wildman–Crippen MR) is 80.7 cm³/mol. The Morgan fingerprint density at radius 3 is 2.70 bits per heavy atom. The number of rotatable bonds is 3. The van der Waals surface area contributed by atoms with Crippen LogP contribution >= 0.6 is 0 Å². The van der Waals surface area contributed by atoms with Gasteiger partial charge in [0.25, 0.3) is 0 Å². The number of ether oxygens (including phenoxy) is 1. The van der Waals surface area contributed by atoms with Crippen molar-refractivity contribution in [1.82, 2.24) is 0 Å². The molecule has 0 heterocycles. The Bertz CT molecular complexity index is 660. The zero-order chi connectivity index (χ0) is 13.9. The highest BCUT2D eigenvalue weighted by Gasteiger charge is 2.27. The van der Waals surface area contributed by atoms with E-state index in [1.165, 1.54) is 6.42 Å². The molecule has 0 aliphatic heterocycles. The van der Waals surface area contributed by atoms with Gasteiger partial charge < -0.3 is 10.1 Å². The SMILES string of the molecule is COC1CCCC1Nc1ccc(C#N)c2ccccc12. The Hall–Kier alpha value is -2.05. The van der Waals surface area contributed by atoms with Gasteiger partial charge in [-0.1, -0.05) is 24.3 Å². The summed E-state index contributed by atoms with van der Waals surface area (Å²) in [6.07, 6.45) is 3.73. The minimum Gasteiger partial charge on any atom is -0.379 e. The maximum Gasteiger partial charge on any atom is 0.0998 e. The molecule has 1 aliphatic rings. The minimum absolute atomic E-state index is 0.282. The molecule has 3 rings (SSSR count). The molecule has 0 spiro atoms. The van der Waals surface area contributed by atoms with Gasteiger partial charge in [0.2, 0.25) is 0 Å². The van der Waals surface area contributed by atoms with E-state index in [4.69, 9.17) is 4.74 Å². The molecule has 20 heavy (non-hydrogen) atoms. The number of benzene rings is 2. The standard InChI is InChI=1S/C17H18N2O/c1-20-17-8-4-7-16(17)19-15-10-9-12(11-18)13-5-2-3-6-14(13)15/h2-3,5-6,9-10,16-17,19H,4,7-8H2,1H3. The van der Waals surface area contributed by atoms with E-state index in [9.17, 15) is 5.26 Å². The van der Waals surface area contributed by atoms with Crippen molar-refractivity contribution in [3.05, 3.63) is 42.0 Å². The second-order valence-electron chi connectivity index (χ2n) is 5.27. The Kier molecular flexibility index (Phi) is 3.58. The first-order valence-electron chi connectivity index (χ1n) is 7.04. The summed E-state index contributed by atoms with van der Waals surface area (Å²) >= 11 is 0. The highest BCUT2D eigenvalue weighted by molar-refractivity contribution is 5.97. The van der Waals surface area contributed by atoms with E-state index < -0.39 is 0 Å². The molecular formula is C17H18N2O. The lowest BCUT2D eigenvalue weighted by Crippen LogP contribution is -2.29. The second kappa shape index (κ2) is 5.52. The van der Waals surface area contributed by atoms with Gasteiger partial charge in [0.15, 0.2) is 0 Å². The van der Waals surface area contributed by atoms with Gasteiger partial charge in [0, 0.05) is 23.6 Å². The van der Waals surface area contributed by atoms with Gasteiger partial charge in [0.05, 0.1) is 23.8 Å². The van der Waals surface area contributed by atoms with Crippen molar-refractivity contribution in [3.63, 3.8) is 0 Å². The molecule has 1 N–H and O–H groups in total. The fraction of sp³-hybridized carbons (Fsp3) is 0.353. The summed E-state index contributed by atoms with van der Waals surface area (Å²) in [4.78, 5) is 0. The van der Waals surface area contributed by atoms with Crippen LogP contribution in [0.2, 0.25) is 0 Å². The number of fused-ring (bicyclic) bond motifs is 1. The van der Waals surface area contributed by atoms with Crippen molar-refractivity contribution in [2.24, 2.45) is 0 Å². The fourth-order valence-electron chi connectivity index (χ4n) is 3.10. The summed E-state index contributed by atoms with van der Waals surface area (Å²) in [5.74, 6) is 0. The summed E-state index contributed by atoms with van der Waals surface area (Å²) in [7, 11) is 1.78. The van der Waals surface area contributed by atoms with Crippen molar-refractivity contribution in [2.75, 3.05) is 12.4 Å². The molecule has 0 bridgehead atoms. The van der Waals surface area contributed by atoms with Crippen LogP contribution in [0, 0.1) is 11.3 Å². The van der Waals surface area contributed by atoms with E-state index in [1.807, 2.05) is 30.3 Å². The highest BCUT2D eigenvalue weighted by Crippen LogP contribution is 2.30. The lowest BCUT2D eigenvalue weighted by Gasteiger charge is -2.22. The van der Waals surface area contributed by atoms with Crippen LogP contribution in [0.1, 0.15) is 24.8 Å². The molecular weight excluding hydrogens is 248 g/mol. The van der Waals surface area contributed by atoms with Gasteiger partial charge >= 0.3 is 0 Å². The molecule has 1 fully saturated rings. The van der Waals surface area contributed by atoms with Gasteiger partial charge in [-0.05, 0) is 31.4 Å². The van der Waals surface area contributed by atoms with Crippen LogP contribution in [0.4, 0.5) is 5.69 Å². The highest BCUT2D eigenvalue weighted by atomic mass is 16.5. The molecule has 0 saturated heterocycles. The molecule has 102 valence electrons. The second-order valence-corrected chi connectivity index (χ2v) is 5.27. The zero-order valence-corrected chi connectivity index (χ0v) is 11.6. The third kappa shape index (κ3) is 2.23. The molecule has 1 saturated carbocycles. The van der Waals surface area contributed by atoms with Gasteiger partial charge in [-0.25, -0.2) is 0 Å². The molecule has 0 radical (unpaired) electrons. The molecule has 2 aromatic carbocycles. The Morgan fingerprint density at radius 1 is 1.15 bits per heavy atom. The van der Waals surface area contributed by atoms with Crippen LogP contribution in [0.25, 0.3) is 10.8 Å². The van der Waals surface area contributed by atoms with E-state index in [0.29, 0.717) is 6.04 Å². The normalized spacial score (nSPS) is 21.8. The third-order valence-electron chi connectivity index (χ3n) is 4.14. The molecule has 1 aliphatic carbocycles. The Labute approximate surface area is 119 Å². The predicted octanol–water partition coefficient (Wildman–Crippen LogP) is 3.69. The first-order chi connectivity index (χ1) is 9.83. The average molecular weight is 266 g/mol. The van der Waals surface area contributed by atoms with E-state index >= 15 is 0 Å². The first kappa shape index (κ1) is 13.0. The third-order valence-corrected chi connectivity index (χ3v) is 4.14. The summed E-state index contributed by atoms with van der Waals surface area (Å²) in [5, 5.41) is 14.9. The first-order valence-corrected chi connectivity index (χ1v) is 7.04. The lowest BCUT2D eigenvalue weighted by atomic mass is 10.0. The zero-order valence-electron chi connectivity index (χ0n) is 11.6. The summed E-state index contributed by atoms with van der Waals surface area (Å²) < 4.78 is 5.54. The van der Waals surface area contributed by atoms with Crippen molar-refractivity contribution in [2.45, 2.75) is 31.4 Å². The molecule has 2 aromatic rings. The fourth-order valence-corrected chi connectivity index (χ4v) is 3.10. The quantitative estimate of drug-likeness (QED) is 0.921. The number of methoxy groups -OCH3 is 1. The van der Waals surface area contributed by atoms with Crippen LogP contribution in [0.15, 0.2) is 36.4 Å². The van der Waals surface area contributed by atoms with Crippen LogP contribution in [-0.4, -0.2) is 19.3 Å². The number of nitriles is 1. The molecule has 0 aromatic heterocycles. The van der Waals surface area contributed by atoms with Gasteiger partial charge in [-0.3, -0.25) is 0 Å². The molecule has 3 heteroatoms. The van der Waals surface area contributed by atoms with Gasteiger partial charge in [-0.15, -0.1) is 0 Å². The number of nitrogens with zero attached hydrogens (tertiary/aromatic N) is 1. The van der Waals surface area contributed by atoms with E-state index in [1.54, 1.807) is 7.11 Å². The summed E-state index contributed by atoms with van der Waals surface area (Å²) in [6.45, 7) is 0. The van der Waals surface area contributed by atoms with Crippen molar-refractivity contribution < 1.29 is 4.74 Å². The summed E-state index contributed by atoms with van der Waals surface area (Å²) in [5.41, 5.74) is 1.81. The molecule has 0 amide bonds. The molecule has 2 unspecified atom stereocenters. The van der Waals surface area contributed by atoms with E-state index in [2.05, 4.69) is 17.5 Å². The van der Waals surface area contributed by atoms with E-state index in [0.717, 1.165) is 34.9 Å². The number of nitrogens with one attached hydrogen (secondary N) is 1. The van der Waals surface area contributed by atoms with Crippen LogP contribution < -0.4 is 5.32 Å². The minimum atomic E-state index is 0.282. The summed E-state index contributed by atoms with van der Waals surface area (Å²) in [6, 6.07) is 14.6. The van der Waals surface area contributed by atoms with Crippen molar-refractivity contribution in [3.8, 4) is 6.07 Å². The maximum absolute atomic E-state index is 9.20. The Balaban J connectivity index is 1.98. The number of hydrogen-bond acceptors (Lipinski definition) is 3. The maximum atomic E-state index is 9.20.